The third-order valence-corrected chi connectivity index (χ3v) is 3.31. The number of anilines is 1. The number of nitrogens with one attached hydrogen (secondary N) is 1. The molecule has 0 saturated heterocycles. The van der Waals surface area contributed by atoms with Crippen molar-refractivity contribution in [3.63, 3.8) is 0 Å². The highest BCUT2D eigenvalue weighted by molar-refractivity contribution is 5.88. The molecule has 0 amide bonds. The molecule has 3 rings (SSSR count). The predicted octanol–water partition coefficient (Wildman–Crippen LogP) is -0.661. The molecule has 0 fully saturated rings. The molecule has 22 heavy (non-hydrogen) atoms. The number of aromatic nitrogens is 4. The van der Waals surface area contributed by atoms with Gasteiger partial charge in [0.1, 0.15) is 17.5 Å². The molecule has 1 N–H and O–H groups in total. The first-order chi connectivity index (χ1) is 10.6. The molecular weight excluding hydrogens is 290 g/mol. The van der Waals surface area contributed by atoms with Gasteiger partial charge in [0.2, 0.25) is 5.95 Å². The summed E-state index contributed by atoms with van der Waals surface area (Å²) in [5.41, 5.74) is 0.585. The molecule has 114 valence electrons. The predicted molar refractivity (Wildman–Crippen MR) is 72.2 cm³/mol. The average Bonchev–Trinajstić information content (AvgIpc) is 3.01. The van der Waals surface area contributed by atoms with Crippen molar-refractivity contribution in [3.8, 4) is 11.5 Å². The number of carbonyl (C=O) groups excluding carboxylic acids is 1. The molecule has 0 bridgehead atoms. The number of aliphatic carboxylic acids is 1. The summed E-state index contributed by atoms with van der Waals surface area (Å²) in [6, 6.07) is 4.67. The van der Waals surface area contributed by atoms with E-state index in [2.05, 4.69) is 20.8 Å². The zero-order chi connectivity index (χ0) is 15.7. The number of hydrogen-bond donors (Lipinski definition) is 1. The first kappa shape index (κ1) is 13.9. The van der Waals surface area contributed by atoms with E-state index in [4.69, 9.17) is 9.47 Å². The molecule has 0 spiro atoms. The summed E-state index contributed by atoms with van der Waals surface area (Å²) in [6.45, 7) is 0. The number of carbonyl (C=O) groups is 1. The van der Waals surface area contributed by atoms with Crippen LogP contribution in [0, 0.1) is 0 Å². The smallest absolute Gasteiger partial charge is 0.248 e. The van der Waals surface area contributed by atoms with Gasteiger partial charge < -0.3 is 24.7 Å². The molecule has 9 heteroatoms. The second kappa shape index (κ2) is 5.35. The maximum absolute atomic E-state index is 11.1. The molecule has 2 aromatic rings. The lowest BCUT2D eigenvalue weighted by molar-refractivity contribution is -0.299. The average molecular weight is 302 g/mol. The van der Waals surface area contributed by atoms with E-state index in [1.165, 1.54) is 17.9 Å². The Bertz CT molecular complexity index is 755. The molecule has 9 nitrogen and oxygen atoms in total. The van der Waals surface area contributed by atoms with Gasteiger partial charge in [0.25, 0.3) is 0 Å². The van der Waals surface area contributed by atoms with Crippen molar-refractivity contribution in [1.29, 1.82) is 0 Å². The van der Waals surface area contributed by atoms with Gasteiger partial charge in [-0.15, -0.1) is 0 Å². The number of carboxylic acid groups (broad SMARTS) is 1. The van der Waals surface area contributed by atoms with E-state index < -0.39 is 12.0 Å². The quantitative estimate of drug-likeness (QED) is 0.791. The van der Waals surface area contributed by atoms with Crippen molar-refractivity contribution >= 4 is 11.9 Å². The molecule has 1 aromatic carbocycles. The van der Waals surface area contributed by atoms with Gasteiger partial charge in [-0.2, -0.15) is 4.68 Å². The minimum atomic E-state index is -1.34. The molecule has 1 aliphatic heterocycles. The second-order valence-corrected chi connectivity index (χ2v) is 4.49. The number of benzene rings is 1. The summed E-state index contributed by atoms with van der Waals surface area (Å²) >= 11 is 0. The normalized spacial score (nSPS) is 16.3. The minimum Gasteiger partial charge on any atom is -0.543 e. The third kappa shape index (κ3) is 2.22. The minimum absolute atomic E-state index is 0.106. The van der Waals surface area contributed by atoms with Crippen molar-refractivity contribution in [3.05, 3.63) is 35.5 Å². The fourth-order valence-electron chi connectivity index (χ4n) is 2.26. The summed E-state index contributed by atoms with van der Waals surface area (Å²) in [4.78, 5) is 11.1. The first-order valence-corrected chi connectivity index (χ1v) is 6.34. The van der Waals surface area contributed by atoms with Crippen molar-refractivity contribution in [2.24, 2.45) is 0 Å². The summed E-state index contributed by atoms with van der Waals surface area (Å²) in [5.74, 6) is 0.0218. The highest BCUT2D eigenvalue weighted by atomic mass is 16.5. The Kier molecular flexibility index (Phi) is 3.37. The summed E-state index contributed by atoms with van der Waals surface area (Å²) < 4.78 is 12.0. The number of ether oxygens (including phenoxy) is 2. The van der Waals surface area contributed by atoms with Crippen LogP contribution in [-0.2, 0) is 4.79 Å². The fraction of sp³-hybridized carbons (Fsp3) is 0.231. The Morgan fingerprint density at radius 2 is 2.18 bits per heavy atom. The second-order valence-electron chi connectivity index (χ2n) is 4.49. The lowest BCUT2D eigenvalue weighted by Crippen LogP contribution is -2.33. The Morgan fingerprint density at radius 1 is 1.36 bits per heavy atom. The summed E-state index contributed by atoms with van der Waals surface area (Å²) in [5, 5.41) is 24.9. The molecule has 0 unspecified atom stereocenters. The van der Waals surface area contributed by atoms with Crippen molar-refractivity contribution in [1.82, 2.24) is 20.2 Å². The number of tetrazole rings is 1. The Labute approximate surface area is 125 Å². The zero-order valence-corrected chi connectivity index (χ0v) is 11.8. The van der Waals surface area contributed by atoms with Crippen LogP contribution in [0.2, 0.25) is 0 Å². The Hall–Kier alpha value is -3.10. The molecule has 0 radical (unpaired) electrons. The van der Waals surface area contributed by atoms with Crippen molar-refractivity contribution < 1.29 is 19.4 Å². The van der Waals surface area contributed by atoms with Crippen LogP contribution in [-0.4, -0.2) is 40.4 Å². The molecule has 0 saturated carbocycles. The highest BCUT2D eigenvalue weighted by Crippen LogP contribution is 2.35. The number of carboxylic acids is 1. The Balaban J connectivity index is 2.13. The molecule has 1 atom stereocenters. The zero-order valence-electron chi connectivity index (χ0n) is 11.8. The maximum Gasteiger partial charge on any atom is 0.248 e. The van der Waals surface area contributed by atoms with E-state index in [0.717, 1.165) is 0 Å². The molecule has 2 heterocycles. The highest BCUT2D eigenvalue weighted by Gasteiger charge is 2.26. The van der Waals surface area contributed by atoms with Crippen molar-refractivity contribution in [2.75, 3.05) is 19.5 Å². The van der Waals surface area contributed by atoms with Gasteiger partial charge in [-0.05, 0) is 28.6 Å². The van der Waals surface area contributed by atoms with Crippen LogP contribution in [0.1, 0.15) is 11.6 Å². The van der Waals surface area contributed by atoms with Crippen LogP contribution in [0.25, 0.3) is 0 Å². The maximum atomic E-state index is 11.1. The monoisotopic (exact) mass is 302 g/mol. The topological polar surface area (TPSA) is 114 Å². The van der Waals surface area contributed by atoms with Crippen LogP contribution >= 0.6 is 0 Å². The van der Waals surface area contributed by atoms with Gasteiger partial charge in [-0.25, -0.2) is 0 Å². The largest absolute Gasteiger partial charge is 0.543 e. The summed E-state index contributed by atoms with van der Waals surface area (Å²) in [7, 11) is 3.07. The lowest BCUT2D eigenvalue weighted by atomic mass is 10.0. The van der Waals surface area contributed by atoms with Crippen LogP contribution in [0.3, 0.4) is 0 Å². The van der Waals surface area contributed by atoms with Gasteiger partial charge in [0.15, 0.2) is 0 Å². The van der Waals surface area contributed by atoms with Crippen molar-refractivity contribution in [2.45, 2.75) is 6.04 Å². The Morgan fingerprint density at radius 3 is 2.86 bits per heavy atom. The van der Waals surface area contributed by atoms with Gasteiger partial charge in [0, 0.05) is 11.6 Å². The third-order valence-electron chi connectivity index (χ3n) is 3.31. The van der Waals surface area contributed by atoms with Crippen LogP contribution < -0.4 is 19.9 Å². The van der Waals surface area contributed by atoms with E-state index >= 15 is 0 Å². The van der Waals surface area contributed by atoms with Gasteiger partial charge in [0.05, 0.1) is 25.9 Å². The van der Waals surface area contributed by atoms with Gasteiger partial charge in [-0.3, -0.25) is 0 Å². The van der Waals surface area contributed by atoms with Crippen LogP contribution in [0.5, 0.6) is 11.5 Å². The van der Waals surface area contributed by atoms with Crippen LogP contribution in [0.15, 0.2) is 30.0 Å². The van der Waals surface area contributed by atoms with E-state index in [0.29, 0.717) is 17.1 Å². The van der Waals surface area contributed by atoms with Crippen LogP contribution in [0.4, 0.5) is 5.95 Å². The number of allylic oxidation sites excluding steroid dienone is 1. The fourth-order valence-corrected chi connectivity index (χ4v) is 2.26. The van der Waals surface area contributed by atoms with E-state index in [1.54, 1.807) is 25.3 Å². The lowest BCUT2D eigenvalue weighted by Gasteiger charge is -2.24. The van der Waals surface area contributed by atoms with E-state index in [1.807, 2.05) is 0 Å². The van der Waals surface area contributed by atoms with E-state index in [-0.39, 0.29) is 11.6 Å². The number of hydrogen-bond acceptors (Lipinski definition) is 8. The number of nitrogens with zero attached hydrogens (tertiary/aromatic N) is 4. The SMILES string of the molecule is COc1ccc([C@H]2C=C(C(=O)[O-])Nc3nnnn32)c(OC)c1. The standard InChI is InChI=1S/C13H13N5O4/c1-21-7-3-4-8(11(5-7)22-2)10-6-9(12(19)20)14-13-15-16-17-18(10)13/h3-6,10H,1-2H3,(H,19,20)(H,14,15,17)/p-1/t10-/m1/s1. The molecular formula is C13H12N5O4-. The number of methoxy groups -OCH3 is 2. The molecule has 1 aliphatic rings. The number of rotatable bonds is 4. The molecule has 1 aromatic heterocycles. The van der Waals surface area contributed by atoms with Gasteiger partial charge >= 0.3 is 0 Å². The van der Waals surface area contributed by atoms with E-state index in [9.17, 15) is 9.90 Å². The first-order valence-electron chi connectivity index (χ1n) is 6.34. The molecule has 0 aliphatic carbocycles. The summed E-state index contributed by atoms with van der Waals surface area (Å²) in [6.07, 6.45) is 1.46. The van der Waals surface area contributed by atoms with Gasteiger partial charge in [-0.1, -0.05) is 5.10 Å². The number of fused-ring (bicyclic) bond motifs is 1.